The number of carbonyl (C=O) groups is 1. The molecule has 0 aliphatic carbocycles. The molecule has 0 saturated carbocycles. The van der Waals surface area contributed by atoms with Crippen molar-refractivity contribution in [3.05, 3.63) is 53.8 Å². The minimum atomic E-state index is -3.77. The van der Waals surface area contributed by atoms with Gasteiger partial charge in [-0.25, -0.2) is 17.5 Å². The number of nitrogens with one attached hydrogen (secondary N) is 1. The molecule has 0 aromatic heterocycles. The van der Waals surface area contributed by atoms with Crippen LogP contribution in [0.25, 0.3) is 0 Å². The molecule has 27 heavy (non-hydrogen) atoms. The minimum absolute atomic E-state index is 0.0316. The molecule has 2 aromatic carbocycles. The summed E-state index contributed by atoms with van der Waals surface area (Å²) in [6, 6.07) is 9.92. The van der Waals surface area contributed by atoms with Crippen LogP contribution >= 0.6 is 0 Å². The van der Waals surface area contributed by atoms with Gasteiger partial charge in [0.25, 0.3) is 0 Å². The summed E-state index contributed by atoms with van der Waals surface area (Å²) in [6.45, 7) is 2.11. The summed E-state index contributed by atoms with van der Waals surface area (Å²) in [6.07, 6.45) is 0. The number of benzene rings is 2. The van der Waals surface area contributed by atoms with Gasteiger partial charge in [-0.15, -0.1) is 0 Å². The number of fused-ring (bicyclic) bond motifs is 1. The van der Waals surface area contributed by atoms with E-state index in [1.165, 1.54) is 24.0 Å². The second kappa shape index (κ2) is 7.93. The van der Waals surface area contributed by atoms with Crippen LogP contribution in [0.3, 0.4) is 0 Å². The molecule has 9 heteroatoms. The quantitative estimate of drug-likeness (QED) is 0.775. The standard InChI is InChI=1S/C18H19FN2O5S/c1-13(22)21(11-14-2-7-17-18(10-14)26-12-25-17)9-8-20-27(23,24)16-5-3-15(19)4-6-16/h2-7,10,20H,8-9,11-12H2,1H3. The van der Waals surface area contributed by atoms with Crippen molar-refractivity contribution in [3.63, 3.8) is 0 Å². The maximum Gasteiger partial charge on any atom is 0.240 e. The summed E-state index contributed by atoms with van der Waals surface area (Å²) in [5, 5.41) is 0. The number of amides is 1. The van der Waals surface area contributed by atoms with Gasteiger partial charge in [-0.05, 0) is 42.0 Å². The van der Waals surface area contributed by atoms with Crippen molar-refractivity contribution >= 4 is 15.9 Å². The maximum atomic E-state index is 12.9. The molecule has 1 aliphatic heterocycles. The molecule has 0 fully saturated rings. The Labute approximate surface area is 156 Å². The zero-order valence-corrected chi connectivity index (χ0v) is 15.5. The fourth-order valence-corrected chi connectivity index (χ4v) is 3.64. The van der Waals surface area contributed by atoms with Crippen LogP contribution in [0.2, 0.25) is 0 Å². The number of rotatable bonds is 7. The third-order valence-electron chi connectivity index (χ3n) is 4.05. The molecule has 0 spiro atoms. The van der Waals surface area contributed by atoms with Crippen molar-refractivity contribution in [2.45, 2.75) is 18.4 Å². The predicted molar refractivity (Wildman–Crippen MR) is 95.2 cm³/mol. The fourth-order valence-electron chi connectivity index (χ4n) is 2.62. The van der Waals surface area contributed by atoms with Gasteiger partial charge >= 0.3 is 0 Å². The van der Waals surface area contributed by atoms with Gasteiger partial charge in [-0.1, -0.05) is 6.07 Å². The average molecular weight is 394 g/mol. The Morgan fingerprint density at radius 1 is 1.15 bits per heavy atom. The van der Waals surface area contributed by atoms with E-state index in [1.54, 1.807) is 12.1 Å². The van der Waals surface area contributed by atoms with Gasteiger partial charge in [0.1, 0.15) is 5.82 Å². The smallest absolute Gasteiger partial charge is 0.240 e. The van der Waals surface area contributed by atoms with Crippen LogP contribution in [0.5, 0.6) is 11.5 Å². The predicted octanol–water partition coefficient (Wildman–Crippen LogP) is 1.88. The van der Waals surface area contributed by atoms with E-state index >= 15 is 0 Å². The molecule has 0 atom stereocenters. The Morgan fingerprint density at radius 3 is 2.56 bits per heavy atom. The van der Waals surface area contributed by atoms with E-state index in [-0.39, 0.29) is 30.7 Å². The third-order valence-corrected chi connectivity index (χ3v) is 5.53. The van der Waals surface area contributed by atoms with Gasteiger partial charge in [0.15, 0.2) is 11.5 Å². The maximum absolute atomic E-state index is 12.9. The van der Waals surface area contributed by atoms with E-state index in [2.05, 4.69) is 4.72 Å². The number of carbonyl (C=O) groups excluding carboxylic acids is 1. The van der Waals surface area contributed by atoms with Gasteiger partial charge in [-0.2, -0.15) is 0 Å². The van der Waals surface area contributed by atoms with Gasteiger partial charge in [0.05, 0.1) is 4.90 Å². The van der Waals surface area contributed by atoms with Gasteiger partial charge in [-0.3, -0.25) is 4.79 Å². The van der Waals surface area contributed by atoms with Crippen molar-refractivity contribution in [3.8, 4) is 11.5 Å². The number of hydrogen-bond donors (Lipinski definition) is 1. The number of halogens is 1. The summed E-state index contributed by atoms with van der Waals surface area (Å²) >= 11 is 0. The highest BCUT2D eigenvalue weighted by Crippen LogP contribution is 2.32. The Balaban J connectivity index is 1.60. The normalized spacial score (nSPS) is 12.8. The molecule has 7 nitrogen and oxygen atoms in total. The van der Waals surface area contributed by atoms with E-state index < -0.39 is 15.8 Å². The molecular formula is C18H19FN2O5S. The highest BCUT2D eigenvalue weighted by atomic mass is 32.2. The number of hydrogen-bond acceptors (Lipinski definition) is 5. The first-order valence-corrected chi connectivity index (χ1v) is 9.73. The summed E-state index contributed by atoms with van der Waals surface area (Å²) in [5.74, 6) is 0.572. The Morgan fingerprint density at radius 2 is 1.85 bits per heavy atom. The van der Waals surface area contributed by atoms with Gasteiger partial charge < -0.3 is 14.4 Å². The number of ether oxygens (including phenoxy) is 2. The zero-order valence-electron chi connectivity index (χ0n) is 14.6. The monoisotopic (exact) mass is 394 g/mol. The lowest BCUT2D eigenvalue weighted by atomic mass is 10.2. The highest BCUT2D eigenvalue weighted by Gasteiger charge is 2.17. The molecule has 0 saturated heterocycles. The second-order valence-electron chi connectivity index (χ2n) is 5.98. The van der Waals surface area contributed by atoms with Crippen LogP contribution in [0.15, 0.2) is 47.4 Å². The van der Waals surface area contributed by atoms with Crippen LogP contribution in [0.4, 0.5) is 4.39 Å². The second-order valence-corrected chi connectivity index (χ2v) is 7.75. The number of sulfonamides is 1. The molecule has 1 aliphatic rings. The van der Waals surface area contributed by atoms with Gasteiger partial charge in [0, 0.05) is 26.6 Å². The first kappa shape index (κ1) is 19.1. The Hall–Kier alpha value is -2.65. The van der Waals surface area contributed by atoms with E-state index in [0.717, 1.165) is 17.7 Å². The van der Waals surface area contributed by atoms with Crippen molar-refractivity contribution in [2.75, 3.05) is 19.9 Å². The molecule has 1 N–H and O–H groups in total. The fraction of sp³-hybridized carbons (Fsp3) is 0.278. The molecule has 144 valence electrons. The van der Waals surface area contributed by atoms with E-state index in [0.29, 0.717) is 18.0 Å². The van der Waals surface area contributed by atoms with Crippen LogP contribution in [-0.2, 0) is 21.4 Å². The Bertz CT molecular complexity index is 931. The molecule has 1 amide bonds. The van der Waals surface area contributed by atoms with Crippen LogP contribution in [0.1, 0.15) is 12.5 Å². The van der Waals surface area contributed by atoms with Crippen molar-refractivity contribution < 1.29 is 27.1 Å². The third kappa shape index (κ3) is 4.75. The molecule has 1 heterocycles. The molecule has 2 aromatic rings. The summed E-state index contributed by atoms with van der Waals surface area (Å²) in [4.78, 5) is 13.4. The van der Waals surface area contributed by atoms with Crippen molar-refractivity contribution in [1.29, 1.82) is 0 Å². The Kier molecular flexibility index (Phi) is 5.62. The van der Waals surface area contributed by atoms with Crippen LogP contribution in [-0.4, -0.2) is 39.1 Å². The van der Waals surface area contributed by atoms with E-state index in [1.807, 2.05) is 6.07 Å². The van der Waals surface area contributed by atoms with Crippen LogP contribution < -0.4 is 14.2 Å². The molecule has 0 unspecified atom stereocenters. The lowest BCUT2D eigenvalue weighted by molar-refractivity contribution is -0.129. The molecular weight excluding hydrogens is 375 g/mol. The van der Waals surface area contributed by atoms with E-state index in [9.17, 15) is 17.6 Å². The van der Waals surface area contributed by atoms with Crippen molar-refractivity contribution in [2.24, 2.45) is 0 Å². The molecule has 0 bridgehead atoms. The number of nitrogens with zero attached hydrogens (tertiary/aromatic N) is 1. The highest BCUT2D eigenvalue weighted by molar-refractivity contribution is 7.89. The first-order chi connectivity index (χ1) is 12.8. The molecule has 0 radical (unpaired) electrons. The van der Waals surface area contributed by atoms with Gasteiger partial charge in [0.2, 0.25) is 22.7 Å². The molecule has 3 rings (SSSR count). The summed E-state index contributed by atoms with van der Waals surface area (Å²) in [7, 11) is -3.77. The van der Waals surface area contributed by atoms with E-state index in [4.69, 9.17) is 9.47 Å². The lowest BCUT2D eigenvalue weighted by Gasteiger charge is -2.21. The largest absolute Gasteiger partial charge is 0.454 e. The first-order valence-electron chi connectivity index (χ1n) is 8.24. The topological polar surface area (TPSA) is 84.9 Å². The SMILES string of the molecule is CC(=O)N(CCNS(=O)(=O)c1ccc(F)cc1)Cc1ccc2c(c1)OCO2. The average Bonchev–Trinajstić information content (AvgIpc) is 3.08. The van der Waals surface area contributed by atoms with Crippen LogP contribution in [0, 0.1) is 5.82 Å². The summed E-state index contributed by atoms with van der Waals surface area (Å²) in [5.41, 5.74) is 0.843. The minimum Gasteiger partial charge on any atom is -0.454 e. The summed E-state index contributed by atoms with van der Waals surface area (Å²) < 4.78 is 50.4. The zero-order chi connectivity index (χ0) is 19.4. The lowest BCUT2D eigenvalue weighted by Crippen LogP contribution is -2.37. The van der Waals surface area contributed by atoms with Crippen molar-refractivity contribution in [1.82, 2.24) is 9.62 Å².